The molecule has 7 heteroatoms. The normalized spacial score (nSPS) is 13.8. The molecule has 32 heavy (non-hydrogen) atoms. The van der Waals surface area contributed by atoms with Crippen LogP contribution in [0.15, 0.2) is 60.2 Å². The molecule has 0 aliphatic carbocycles. The molecule has 3 aromatic rings. The number of aromatic nitrogens is 1. The molecule has 0 fully saturated rings. The van der Waals surface area contributed by atoms with Crippen molar-refractivity contribution < 1.29 is 4.79 Å². The van der Waals surface area contributed by atoms with Crippen molar-refractivity contribution in [2.45, 2.75) is 19.5 Å². The van der Waals surface area contributed by atoms with Crippen molar-refractivity contribution in [3.63, 3.8) is 0 Å². The zero-order valence-corrected chi connectivity index (χ0v) is 19.0. The molecule has 0 atom stereocenters. The van der Waals surface area contributed by atoms with Crippen molar-refractivity contribution >= 4 is 34.1 Å². The standard InChI is InChI=1S/C25H25N5OS/c1-29(2)21-10-8-18(9-11-21)14-20(15-26)24(31)28-25-27-22-12-13-30(17-23(22)32-25)16-19-6-4-3-5-7-19/h3-11,14H,12-13,16-17H2,1-2H3,(H,27,28,31)/b20-14-. The Morgan fingerprint density at radius 3 is 2.66 bits per heavy atom. The van der Waals surface area contributed by atoms with Gasteiger partial charge in [0.2, 0.25) is 0 Å². The molecule has 1 aliphatic rings. The van der Waals surface area contributed by atoms with Gasteiger partial charge in [-0.1, -0.05) is 42.5 Å². The summed E-state index contributed by atoms with van der Waals surface area (Å²) in [5.41, 5.74) is 4.24. The first-order valence-corrected chi connectivity index (χ1v) is 11.3. The first-order valence-electron chi connectivity index (χ1n) is 10.5. The first-order chi connectivity index (χ1) is 15.5. The summed E-state index contributed by atoms with van der Waals surface area (Å²) in [4.78, 5) is 22.8. The van der Waals surface area contributed by atoms with Crippen molar-refractivity contribution in [3.8, 4) is 6.07 Å². The van der Waals surface area contributed by atoms with E-state index in [1.165, 1.54) is 21.8 Å². The van der Waals surface area contributed by atoms with Gasteiger partial charge in [-0.15, -0.1) is 11.3 Å². The number of fused-ring (bicyclic) bond motifs is 1. The number of nitrogens with zero attached hydrogens (tertiary/aromatic N) is 4. The number of benzene rings is 2. The van der Waals surface area contributed by atoms with Gasteiger partial charge in [-0.25, -0.2) is 4.98 Å². The number of rotatable bonds is 6. The summed E-state index contributed by atoms with van der Waals surface area (Å²) in [5, 5.41) is 12.9. The topological polar surface area (TPSA) is 72.3 Å². The maximum atomic E-state index is 12.7. The van der Waals surface area contributed by atoms with Crippen LogP contribution in [0.4, 0.5) is 10.8 Å². The van der Waals surface area contributed by atoms with Crippen LogP contribution in [0.5, 0.6) is 0 Å². The van der Waals surface area contributed by atoms with Crippen LogP contribution < -0.4 is 10.2 Å². The summed E-state index contributed by atoms with van der Waals surface area (Å²) in [6, 6.07) is 20.1. The van der Waals surface area contributed by atoms with E-state index in [2.05, 4.69) is 39.5 Å². The molecular weight excluding hydrogens is 418 g/mol. The van der Waals surface area contributed by atoms with E-state index in [9.17, 15) is 10.1 Å². The Morgan fingerprint density at radius 1 is 1.22 bits per heavy atom. The Morgan fingerprint density at radius 2 is 1.97 bits per heavy atom. The molecule has 2 heterocycles. The predicted molar refractivity (Wildman–Crippen MR) is 129 cm³/mol. The van der Waals surface area contributed by atoms with E-state index >= 15 is 0 Å². The third kappa shape index (κ3) is 5.22. The van der Waals surface area contributed by atoms with Crippen LogP contribution in [0.25, 0.3) is 6.08 Å². The van der Waals surface area contributed by atoms with Gasteiger partial charge in [-0.2, -0.15) is 5.26 Å². The highest BCUT2D eigenvalue weighted by molar-refractivity contribution is 7.15. The van der Waals surface area contributed by atoms with E-state index < -0.39 is 5.91 Å². The fourth-order valence-electron chi connectivity index (χ4n) is 3.63. The highest BCUT2D eigenvalue weighted by atomic mass is 32.1. The maximum absolute atomic E-state index is 12.7. The summed E-state index contributed by atoms with van der Waals surface area (Å²) in [6.45, 7) is 2.65. The van der Waals surface area contributed by atoms with Gasteiger partial charge < -0.3 is 4.90 Å². The zero-order chi connectivity index (χ0) is 22.5. The quantitative estimate of drug-likeness (QED) is 0.454. The fraction of sp³-hybridized carbons (Fsp3) is 0.240. The molecule has 1 amide bonds. The number of hydrogen-bond acceptors (Lipinski definition) is 6. The smallest absolute Gasteiger partial charge is 0.268 e. The number of nitrogens with one attached hydrogen (secondary N) is 1. The van der Waals surface area contributed by atoms with E-state index in [1.54, 1.807) is 6.08 Å². The van der Waals surface area contributed by atoms with Crippen LogP contribution in [0.3, 0.4) is 0 Å². The monoisotopic (exact) mass is 443 g/mol. The summed E-state index contributed by atoms with van der Waals surface area (Å²) in [6.07, 6.45) is 2.46. The Balaban J connectivity index is 1.42. The van der Waals surface area contributed by atoms with Gasteiger partial charge in [-0.05, 0) is 29.3 Å². The van der Waals surface area contributed by atoms with Crippen LogP contribution in [0.2, 0.25) is 0 Å². The highest BCUT2D eigenvalue weighted by Gasteiger charge is 2.22. The Hall–Kier alpha value is -3.47. The molecule has 162 valence electrons. The van der Waals surface area contributed by atoms with Crippen LogP contribution in [0.1, 0.15) is 21.7 Å². The molecular formula is C25H25N5OS. The van der Waals surface area contributed by atoms with Gasteiger partial charge in [0.05, 0.1) is 5.69 Å². The second-order valence-corrected chi connectivity index (χ2v) is 9.03. The lowest BCUT2D eigenvalue weighted by atomic mass is 10.1. The molecule has 0 saturated carbocycles. The average Bonchev–Trinajstić information content (AvgIpc) is 3.19. The van der Waals surface area contributed by atoms with Crippen molar-refractivity contribution in [1.82, 2.24) is 9.88 Å². The fourth-order valence-corrected chi connectivity index (χ4v) is 4.67. The molecule has 0 spiro atoms. The Bertz CT molecular complexity index is 1160. The maximum Gasteiger partial charge on any atom is 0.268 e. The molecule has 1 aromatic heterocycles. The van der Waals surface area contributed by atoms with E-state index in [1.807, 2.05) is 55.4 Å². The van der Waals surface area contributed by atoms with E-state index in [0.29, 0.717) is 5.13 Å². The Kier molecular flexibility index (Phi) is 6.64. The van der Waals surface area contributed by atoms with Gasteiger partial charge in [0.1, 0.15) is 11.6 Å². The van der Waals surface area contributed by atoms with E-state index in [-0.39, 0.29) is 5.57 Å². The Labute approximate surface area is 192 Å². The van der Waals surface area contributed by atoms with Gasteiger partial charge >= 0.3 is 0 Å². The second kappa shape index (κ2) is 9.77. The van der Waals surface area contributed by atoms with Gasteiger partial charge in [0.15, 0.2) is 5.13 Å². The summed E-state index contributed by atoms with van der Waals surface area (Å²) >= 11 is 1.49. The van der Waals surface area contributed by atoms with E-state index in [4.69, 9.17) is 0 Å². The second-order valence-electron chi connectivity index (χ2n) is 7.95. The molecule has 4 rings (SSSR count). The van der Waals surface area contributed by atoms with Gasteiger partial charge in [0, 0.05) is 50.7 Å². The van der Waals surface area contributed by atoms with Crippen LogP contribution >= 0.6 is 11.3 Å². The number of hydrogen-bond donors (Lipinski definition) is 1. The third-order valence-corrected chi connectivity index (χ3v) is 6.36. The van der Waals surface area contributed by atoms with Gasteiger partial charge in [0.25, 0.3) is 5.91 Å². The molecule has 6 nitrogen and oxygen atoms in total. The minimum atomic E-state index is -0.434. The lowest BCUT2D eigenvalue weighted by molar-refractivity contribution is -0.112. The number of anilines is 2. The number of carbonyl (C=O) groups is 1. The molecule has 1 N–H and O–H groups in total. The minimum Gasteiger partial charge on any atom is -0.378 e. The predicted octanol–water partition coefficient (Wildman–Crippen LogP) is 4.31. The molecule has 0 radical (unpaired) electrons. The van der Waals surface area contributed by atoms with Gasteiger partial charge in [-0.3, -0.25) is 15.0 Å². The molecule has 0 bridgehead atoms. The number of thiazole rings is 1. The SMILES string of the molecule is CN(C)c1ccc(/C=C(/C#N)C(=O)Nc2nc3c(s2)CN(Cc2ccccc2)CC3)cc1. The largest absolute Gasteiger partial charge is 0.378 e. The summed E-state index contributed by atoms with van der Waals surface area (Å²) < 4.78 is 0. The van der Waals surface area contributed by atoms with Crippen molar-refractivity contribution in [2.75, 3.05) is 30.9 Å². The lowest BCUT2D eigenvalue weighted by Crippen LogP contribution is -2.29. The third-order valence-electron chi connectivity index (χ3n) is 5.37. The van der Waals surface area contributed by atoms with Crippen LogP contribution in [0, 0.1) is 11.3 Å². The average molecular weight is 444 g/mol. The van der Waals surface area contributed by atoms with Crippen molar-refractivity contribution in [1.29, 1.82) is 5.26 Å². The molecule has 0 unspecified atom stereocenters. The van der Waals surface area contributed by atoms with Crippen LogP contribution in [-0.2, 0) is 24.3 Å². The molecule has 0 saturated heterocycles. The minimum absolute atomic E-state index is 0.0569. The highest BCUT2D eigenvalue weighted by Crippen LogP contribution is 2.29. The lowest BCUT2D eigenvalue weighted by Gasteiger charge is -2.25. The molecule has 1 aliphatic heterocycles. The molecule has 2 aromatic carbocycles. The van der Waals surface area contributed by atoms with Crippen LogP contribution in [-0.4, -0.2) is 36.4 Å². The number of nitriles is 1. The first kappa shape index (κ1) is 21.8. The summed E-state index contributed by atoms with van der Waals surface area (Å²) in [7, 11) is 3.93. The van der Waals surface area contributed by atoms with Crippen molar-refractivity contribution in [3.05, 3.63) is 81.9 Å². The zero-order valence-electron chi connectivity index (χ0n) is 18.2. The van der Waals surface area contributed by atoms with E-state index in [0.717, 1.165) is 43.0 Å². The number of carbonyl (C=O) groups excluding carboxylic acids is 1. The van der Waals surface area contributed by atoms with Crippen molar-refractivity contribution in [2.24, 2.45) is 0 Å². The number of amides is 1. The summed E-state index contributed by atoms with van der Waals surface area (Å²) in [5.74, 6) is -0.434.